The van der Waals surface area contributed by atoms with Gasteiger partial charge in [-0.2, -0.15) is 0 Å². The van der Waals surface area contributed by atoms with E-state index in [2.05, 4.69) is 0 Å². The zero-order valence-electron chi connectivity index (χ0n) is 8.31. The number of aliphatic carboxylic acids is 1. The van der Waals surface area contributed by atoms with Crippen molar-refractivity contribution in [2.75, 3.05) is 0 Å². The van der Waals surface area contributed by atoms with E-state index in [-0.39, 0.29) is 18.8 Å². The molecule has 0 unspecified atom stereocenters. The number of benzene rings is 1. The van der Waals surface area contributed by atoms with Crippen LogP contribution in [0.15, 0.2) is 18.2 Å². The minimum Gasteiger partial charge on any atom is -0.508 e. The van der Waals surface area contributed by atoms with Crippen molar-refractivity contribution < 1.29 is 20.1 Å². The fraction of sp³-hybridized carbons (Fsp3) is 0.364. The molecule has 0 aromatic heterocycles. The first kappa shape index (κ1) is 11.5. The molecule has 0 aliphatic heterocycles. The number of carboxylic acid groups (broad SMARTS) is 1. The Balaban J connectivity index is 2.55. The van der Waals surface area contributed by atoms with Gasteiger partial charge < -0.3 is 15.3 Å². The molecule has 15 heavy (non-hydrogen) atoms. The Hall–Kier alpha value is -1.55. The number of carboxylic acids is 1. The largest absolute Gasteiger partial charge is 0.508 e. The molecule has 0 atom stereocenters. The molecule has 0 bridgehead atoms. The van der Waals surface area contributed by atoms with E-state index in [1.165, 1.54) is 0 Å². The van der Waals surface area contributed by atoms with Gasteiger partial charge in [0, 0.05) is 12.0 Å². The van der Waals surface area contributed by atoms with Crippen molar-refractivity contribution in [1.29, 1.82) is 0 Å². The lowest BCUT2D eigenvalue weighted by Crippen LogP contribution is -1.96. The van der Waals surface area contributed by atoms with E-state index in [1.807, 2.05) is 0 Å². The van der Waals surface area contributed by atoms with E-state index in [9.17, 15) is 9.90 Å². The van der Waals surface area contributed by atoms with Crippen molar-refractivity contribution in [1.82, 2.24) is 0 Å². The molecule has 0 saturated carbocycles. The van der Waals surface area contributed by atoms with Gasteiger partial charge in [0.15, 0.2) is 0 Å². The number of aromatic hydroxyl groups is 1. The van der Waals surface area contributed by atoms with Crippen molar-refractivity contribution in [2.45, 2.75) is 25.9 Å². The van der Waals surface area contributed by atoms with Gasteiger partial charge in [-0.3, -0.25) is 4.79 Å². The number of aliphatic hydroxyl groups is 1. The number of hydrogen-bond acceptors (Lipinski definition) is 3. The number of phenols is 1. The maximum absolute atomic E-state index is 10.3. The summed E-state index contributed by atoms with van der Waals surface area (Å²) in [6, 6.07) is 4.99. The van der Waals surface area contributed by atoms with E-state index in [0.29, 0.717) is 18.4 Å². The number of rotatable bonds is 5. The van der Waals surface area contributed by atoms with Gasteiger partial charge in [0.25, 0.3) is 0 Å². The van der Waals surface area contributed by atoms with Crippen LogP contribution in [0, 0.1) is 0 Å². The van der Waals surface area contributed by atoms with Gasteiger partial charge >= 0.3 is 5.97 Å². The highest BCUT2D eigenvalue weighted by Crippen LogP contribution is 2.19. The fourth-order valence-corrected chi connectivity index (χ4v) is 1.34. The molecule has 0 aliphatic carbocycles. The Labute approximate surface area is 87.8 Å². The molecule has 1 aromatic rings. The molecule has 4 nitrogen and oxygen atoms in total. The first-order valence-corrected chi connectivity index (χ1v) is 4.77. The van der Waals surface area contributed by atoms with Crippen molar-refractivity contribution in [3.05, 3.63) is 29.3 Å². The van der Waals surface area contributed by atoms with E-state index >= 15 is 0 Å². The summed E-state index contributed by atoms with van der Waals surface area (Å²) < 4.78 is 0. The van der Waals surface area contributed by atoms with Crippen LogP contribution in [0.1, 0.15) is 24.0 Å². The van der Waals surface area contributed by atoms with Crippen LogP contribution in [0.3, 0.4) is 0 Å². The minimum absolute atomic E-state index is 0.0605. The average Bonchev–Trinajstić information content (AvgIpc) is 2.17. The third kappa shape index (κ3) is 3.59. The molecule has 1 aromatic carbocycles. The van der Waals surface area contributed by atoms with Gasteiger partial charge in [0.1, 0.15) is 5.75 Å². The third-order valence-electron chi connectivity index (χ3n) is 2.18. The van der Waals surface area contributed by atoms with Crippen LogP contribution >= 0.6 is 0 Å². The molecular formula is C11H14O4. The fourth-order valence-electron chi connectivity index (χ4n) is 1.34. The van der Waals surface area contributed by atoms with Gasteiger partial charge in [0.05, 0.1) is 6.61 Å². The van der Waals surface area contributed by atoms with Crippen LogP contribution in [0.25, 0.3) is 0 Å². The normalized spacial score (nSPS) is 10.2. The third-order valence-corrected chi connectivity index (χ3v) is 2.18. The zero-order valence-corrected chi connectivity index (χ0v) is 8.31. The number of aliphatic hydroxyl groups excluding tert-OH is 1. The zero-order chi connectivity index (χ0) is 11.3. The quantitative estimate of drug-likeness (QED) is 0.684. The van der Waals surface area contributed by atoms with Crippen molar-refractivity contribution in [3.63, 3.8) is 0 Å². The maximum atomic E-state index is 10.3. The summed E-state index contributed by atoms with van der Waals surface area (Å²) in [5.41, 5.74) is 1.36. The molecule has 0 fully saturated rings. The molecule has 4 heteroatoms. The van der Waals surface area contributed by atoms with Gasteiger partial charge in [-0.25, -0.2) is 0 Å². The SMILES string of the molecule is O=C(O)CCCc1ccc(CO)c(O)c1. The summed E-state index contributed by atoms with van der Waals surface area (Å²) in [4.78, 5) is 10.3. The molecular weight excluding hydrogens is 196 g/mol. The second-order valence-corrected chi connectivity index (χ2v) is 3.37. The highest BCUT2D eigenvalue weighted by Gasteiger charge is 2.02. The summed E-state index contributed by atoms with van der Waals surface area (Å²) >= 11 is 0. The van der Waals surface area contributed by atoms with Gasteiger partial charge in [0.2, 0.25) is 0 Å². The number of aryl methyl sites for hydroxylation is 1. The van der Waals surface area contributed by atoms with Gasteiger partial charge in [-0.05, 0) is 24.5 Å². The average molecular weight is 210 g/mol. The topological polar surface area (TPSA) is 77.8 Å². The molecule has 0 amide bonds. The Morgan fingerprint density at radius 3 is 2.60 bits per heavy atom. The van der Waals surface area contributed by atoms with Crippen molar-refractivity contribution >= 4 is 5.97 Å². The molecule has 3 N–H and O–H groups in total. The highest BCUT2D eigenvalue weighted by molar-refractivity contribution is 5.66. The molecule has 0 aliphatic rings. The molecule has 1 rings (SSSR count). The molecule has 0 saturated heterocycles. The van der Waals surface area contributed by atoms with E-state index in [1.54, 1.807) is 18.2 Å². The lowest BCUT2D eigenvalue weighted by molar-refractivity contribution is -0.137. The standard InChI is InChI=1S/C11H14O4/c12-7-9-5-4-8(6-10(9)13)2-1-3-11(14)15/h4-6,12-13H,1-3,7H2,(H,14,15). The van der Waals surface area contributed by atoms with Gasteiger partial charge in [-0.15, -0.1) is 0 Å². The lowest BCUT2D eigenvalue weighted by Gasteiger charge is -2.04. The lowest BCUT2D eigenvalue weighted by atomic mass is 10.1. The molecule has 82 valence electrons. The highest BCUT2D eigenvalue weighted by atomic mass is 16.4. The summed E-state index contributed by atoms with van der Waals surface area (Å²) in [7, 11) is 0. The molecule has 0 heterocycles. The predicted octanol–water partition coefficient (Wildman–Crippen LogP) is 1.29. The molecule has 0 radical (unpaired) electrons. The summed E-state index contributed by atoms with van der Waals surface area (Å²) in [6.07, 6.45) is 1.29. The molecule has 0 spiro atoms. The van der Waals surface area contributed by atoms with Crippen molar-refractivity contribution in [3.8, 4) is 5.75 Å². The second kappa shape index (κ2) is 5.36. The number of carbonyl (C=O) groups is 1. The van der Waals surface area contributed by atoms with Crippen LogP contribution in [-0.4, -0.2) is 21.3 Å². The van der Waals surface area contributed by atoms with Crippen LogP contribution in [0.4, 0.5) is 0 Å². The Kier molecular flexibility index (Phi) is 4.12. The first-order chi connectivity index (χ1) is 7.13. The van der Waals surface area contributed by atoms with Crippen LogP contribution < -0.4 is 0 Å². The Bertz CT molecular complexity index is 346. The van der Waals surface area contributed by atoms with Crippen LogP contribution in [0.5, 0.6) is 5.75 Å². The Morgan fingerprint density at radius 1 is 1.33 bits per heavy atom. The van der Waals surface area contributed by atoms with E-state index in [0.717, 1.165) is 5.56 Å². The van der Waals surface area contributed by atoms with E-state index < -0.39 is 5.97 Å². The number of hydrogen-bond donors (Lipinski definition) is 3. The minimum atomic E-state index is -0.814. The van der Waals surface area contributed by atoms with Crippen LogP contribution in [0.2, 0.25) is 0 Å². The summed E-state index contributed by atoms with van der Waals surface area (Å²) in [5.74, 6) is -0.753. The van der Waals surface area contributed by atoms with Gasteiger partial charge in [-0.1, -0.05) is 12.1 Å². The summed E-state index contributed by atoms with van der Waals surface area (Å²) in [5, 5.41) is 26.7. The van der Waals surface area contributed by atoms with E-state index in [4.69, 9.17) is 10.2 Å². The summed E-state index contributed by atoms with van der Waals surface area (Å²) in [6.45, 7) is -0.193. The maximum Gasteiger partial charge on any atom is 0.303 e. The first-order valence-electron chi connectivity index (χ1n) is 4.77. The Morgan fingerprint density at radius 2 is 2.07 bits per heavy atom. The second-order valence-electron chi connectivity index (χ2n) is 3.37. The predicted molar refractivity (Wildman–Crippen MR) is 54.6 cm³/mol. The smallest absolute Gasteiger partial charge is 0.303 e. The monoisotopic (exact) mass is 210 g/mol. The van der Waals surface area contributed by atoms with Crippen molar-refractivity contribution in [2.24, 2.45) is 0 Å². The van der Waals surface area contributed by atoms with Crippen LogP contribution in [-0.2, 0) is 17.8 Å².